The highest BCUT2D eigenvalue weighted by Crippen LogP contribution is 2.39. The highest BCUT2D eigenvalue weighted by atomic mass is 35.5. The van der Waals surface area contributed by atoms with Crippen LogP contribution in [-0.2, 0) is 29.3 Å². The number of nitrogens with zero attached hydrogens (tertiary/aromatic N) is 3. The number of aliphatic hydroxyl groups excluding tert-OH is 1. The number of aromatic nitrogens is 1. The van der Waals surface area contributed by atoms with Crippen molar-refractivity contribution in [1.82, 2.24) is 20.5 Å². The Morgan fingerprint density at radius 2 is 1.78 bits per heavy atom. The molecule has 0 radical (unpaired) electrons. The van der Waals surface area contributed by atoms with Crippen LogP contribution in [0.15, 0.2) is 67.0 Å². The largest absolute Gasteiger partial charge is 0.492 e. The summed E-state index contributed by atoms with van der Waals surface area (Å²) < 4.78 is 18.5. The summed E-state index contributed by atoms with van der Waals surface area (Å²) in [5.41, 5.74) is 3.57. The minimum atomic E-state index is -1.60. The number of carboxylic acid groups (broad SMARTS) is 1. The molecule has 1 aliphatic rings. The van der Waals surface area contributed by atoms with Crippen molar-refractivity contribution in [2.24, 2.45) is 0 Å². The van der Waals surface area contributed by atoms with E-state index < -0.39 is 18.1 Å². The van der Waals surface area contributed by atoms with Crippen LogP contribution < -0.4 is 24.8 Å². The second kappa shape index (κ2) is 19.1. The van der Waals surface area contributed by atoms with Crippen molar-refractivity contribution in [2.75, 3.05) is 32.8 Å². The molecule has 55 heavy (non-hydrogen) atoms. The van der Waals surface area contributed by atoms with Crippen LogP contribution in [-0.4, -0.2) is 76.4 Å². The molecule has 4 aromatic rings. The molecule has 1 aliphatic heterocycles. The number of aliphatic hydroxyl groups is 1. The number of pyridine rings is 1. The van der Waals surface area contributed by atoms with Gasteiger partial charge in [0.2, 0.25) is 5.91 Å². The maximum Gasteiger partial charge on any atom is 0.326 e. The van der Waals surface area contributed by atoms with Crippen LogP contribution in [0.4, 0.5) is 0 Å². The summed E-state index contributed by atoms with van der Waals surface area (Å²) in [5, 5.41) is 35.3. The number of benzene rings is 3. The number of carbonyl (C=O) groups is 2. The summed E-state index contributed by atoms with van der Waals surface area (Å²) in [6, 6.07) is 18.8. The van der Waals surface area contributed by atoms with E-state index in [1.165, 1.54) is 13.1 Å². The van der Waals surface area contributed by atoms with Crippen LogP contribution in [0, 0.1) is 18.3 Å². The van der Waals surface area contributed by atoms with Crippen LogP contribution >= 0.6 is 23.2 Å². The highest BCUT2D eigenvalue weighted by molar-refractivity contribution is 6.35. The summed E-state index contributed by atoms with van der Waals surface area (Å²) in [6.07, 6.45) is 4.81. The molecular weight excluding hydrogens is 745 g/mol. The van der Waals surface area contributed by atoms with Crippen molar-refractivity contribution >= 4 is 35.1 Å². The van der Waals surface area contributed by atoms with Crippen molar-refractivity contribution in [2.45, 2.75) is 65.0 Å². The van der Waals surface area contributed by atoms with E-state index in [0.717, 1.165) is 54.7 Å². The summed E-state index contributed by atoms with van der Waals surface area (Å²) in [5.74, 6) is 0.0909. The van der Waals surface area contributed by atoms with Crippen LogP contribution in [0.1, 0.15) is 54.5 Å². The quantitative estimate of drug-likeness (QED) is 0.0837. The Kier molecular flexibility index (Phi) is 14.3. The topological polar surface area (TPSA) is 166 Å². The number of rotatable bonds is 18. The van der Waals surface area contributed by atoms with E-state index >= 15 is 0 Å². The molecule has 1 fully saturated rings. The number of amides is 1. The number of carbonyl (C=O) groups excluding carboxylic acids is 1. The van der Waals surface area contributed by atoms with Gasteiger partial charge in [-0.3, -0.25) is 19.9 Å². The van der Waals surface area contributed by atoms with Gasteiger partial charge in [-0.15, -0.1) is 0 Å². The lowest BCUT2D eigenvalue weighted by atomic mass is 9.96. The molecule has 14 heteroatoms. The predicted molar refractivity (Wildman–Crippen MR) is 209 cm³/mol. The number of carboxylic acids is 1. The first-order chi connectivity index (χ1) is 26.4. The smallest absolute Gasteiger partial charge is 0.326 e. The highest BCUT2D eigenvalue weighted by Gasteiger charge is 2.32. The van der Waals surface area contributed by atoms with Crippen molar-refractivity contribution < 1.29 is 34.0 Å². The maximum absolute atomic E-state index is 11.8. The lowest BCUT2D eigenvalue weighted by Crippen LogP contribution is -2.52. The Labute approximate surface area is 330 Å². The molecule has 290 valence electrons. The number of likely N-dealkylation sites (tertiary alicyclic amines) is 1. The van der Waals surface area contributed by atoms with Gasteiger partial charge in [-0.2, -0.15) is 5.26 Å². The lowest BCUT2D eigenvalue weighted by Gasteiger charge is -2.25. The third-order valence-electron chi connectivity index (χ3n) is 9.53. The molecule has 5 rings (SSSR count). The Hall–Kier alpha value is -4.90. The van der Waals surface area contributed by atoms with Gasteiger partial charge in [-0.1, -0.05) is 53.5 Å². The van der Waals surface area contributed by atoms with Crippen molar-refractivity contribution in [3.63, 3.8) is 0 Å². The molecule has 1 aromatic heterocycles. The van der Waals surface area contributed by atoms with Gasteiger partial charge in [0.05, 0.1) is 28.8 Å². The molecule has 1 unspecified atom stereocenters. The van der Waals surface area contributed by atoms with E-state index in [-0.39, 0.29) is 36.7 Å². The summed E-state index contributed by atoms with van der Waals surface area (Å²) >= 11 is 13.6. The second-order valence-corrected chi connectivity index (χ2v) is 14.5. The molecule has 0 saturated carbocycles. The predicted octanol–water partition coefficient (Wildman–Crippen LogP) is 6.30. The van der Waals surface area contributed by atoms with Crippen LogP contribution in [0.2, 0.25) is 10.0 Å². The first-order valence-electron chi connectivity index (χ1n) is 17.9. The normalized spacial score (nSPS) is 15.2. The first kappa shape index (κ1) is 41.3. The maximum atomic E-state index is 11.8. The third-order valence-corrected chi connectivity index (χ3v) is 10.2. The van der Waals surface area contributed by atoms with Gasteiger partial charge in [0.1, 0.15) is 42.1 Å². The summed E-state index contributed by atoms with van der Waals surface area (Å²) in [6.45, 7) is 7.69. The van der Waals surface area contributed by atoms with E-state index in [1.807, 2.05) is 43.3 Å². The van der Waals surface area contributed by atoms with Gasteiger partial charge in [-0.25, -0.2) is 0 Å². The summed E-state index contributed by atoms with van der Waals surface area (Å²) in [4.78, 5) is 29.6. The van der Waals surface area contributed by atoms with Gasteiger partial charge in [0, 0.05) is 74.3 Å². The molecule has 12 nitrogen and oxygen atoms in total. The fraction of sp³-hybridized carbons (Fsp3) is 0.366. The molecule has 0 bridgehead atoms. The average Bonchev–Trinajstić information content (AvgIpc) is 3.62. The molecule has 0 spiro atoms. The second-order valence-electron chi connectivity index (χ2n) is 13.7. The van der Waals surface area contributed by atoms with Crippen LogP contribution in [0.25, 0.3) is 11.1 Å². The Morgan fingerprint density at radius 1 is 1.02 bits per heavy atom. The Balaban J connectivity index is 1.28. The monoisotopic (exact) mass is 789 g/mol. The van der Waals surface area contributed by atoms with Crippen molar-refractivity contribution in [3.8, 4) is 34.4 Å². The van der Waals surface area contributed by atoms with Gasteiger partial charge in [0.25, 0.3) is 0 Å². The zero-order valence-corrected chi connectivity index (χ0v) is 32.5. The minimum Gasteiger partial charge on any atom is -0.492 e. The molecule has 2 atom stereocenters. The summed E-state index contributed by atoms with van der Waals surface area (Å²) in [7, 11) is 0. The molecular formula is C41H45Cl2N5O7. The van der Waals surface area contributed by atoms with E-state index in [4.69, 9.17) is 37.4 Å². The van der Waals surface area contributed by atoms with Crippen LogP contribution in [0.3, 0.4) is 0 Å². The van der Waals surface area contributed by atoms with Gasteiger partial charge < -0.3 is 34.6 Å². The fourth-order valence-corrected chi connectivity index (χ4v) is 6.79. The number of nitrogens with one attached hydrogen (secondary N) is 2. The Bertz CT molecular complexity index is 2040. The Morgan fingerprint density at radius 3 is 2.53 bits per heavy atom. The SMILES string of the molecule is CC(=O)N[C@H]1CCN(CCCOc2cccc(-c3cccc(COc4cc(OCc5cncc(C#N)c5)c(CNC(C)(CO)C(=O)O)cc4Cl)c3C)c2Cl)C1. The van der Waals surface area contributed by atoms with Gasteiger partial charge >= 0.3 is 5.97 Å². The van der Waals surface area contributed by atoms with E-state index in [1.54, 1.807) is 31.3 Å². The zero-order valence-electron chi connectivity index (χ0n) is 31.0. The first-order valence-corrected chi connectivity index (χ1v) is 18.7. The number of aliphatic carboxylic acids is 1. The third kappa shape index (κ3) is 10.9. The standard InChI is InChI=1S/C41H45Cl2N5O7/c1-26-30(7-4-8-33(26)34-9-5-10-36(39(34)43)53-14-6-12-48-13-11-32(22-48)47-27(2)50)24-55-38-17-37(54-23-29-15-28(18-44)19-45-20-29)31(16-35(38)42)21-46-41(3,25-49)40(51)52/h4-5,7-10,15-17,19-20,32,46,49H,6,11-14,21-25H2,1-3H3,(H,47,50)(H,51,52)/t32-,41?/m0/s1. The van der Waals surface area contributed by atoms with Crippen molar-refractivity contribution in [3.05, 3.63) is 105 Å². The van der Waals surface area contributed by atoms with E-state index in [0.29, 0.717) is 45.6 Å². The molecule has 4 N–H and O–H groups in total. The number of hydrogen-bond acceptors (Lipinski definition) is 10. The number of hydrogen-bond donors (Lipinski definition) is 4. The molecule has 3 aromatic carbocycles. The molecule has 1 amide bonds. The number of ether oxygens (including phenoxy) is 3. The molecule has 2 heterocycles. The zero-order chi connectivity index (χ0) is 39.5. The number of nitriles is 1. The van der Waals surface area contributed by atoms with Gasteiger partial charge in [0.15, 0.2) is 0 Å². The van der Waals surface area contributed by atoms with E-state index in [2.05, 4.69) is 26.6 Å². The van der Waals surface area contributed by atoms with Crippen molar-refractivity contribution in [1.29, 1.82) is 5.26 Å². The van der Waals surface area contributed by atoms with Crippen LogP contribution in [0.5, 0.6) is 17.2 Å². The average molecular weight is 791 g/mol. The molecule has 1 saturated heterocycles. The lowest BCUT2D eigenvalue weighted by molar-refractivity contribution is -0.146. The minimum absolute atomic E-state index is 0.00107. The van der Waals surface area contributed by atoms with E-state index in [9.17, 15) is 25.1 Å². The fourth-order valence-electron chi connectivity index (χ4n) is 6.27. The molecule has 0 aliphatic carbocycles. The van der Waals surface area contributed by atoms with Gasteiger partial charge in [-0.05, 0) is 61.6 Å². The number of halogens is 2.